The quantitative estimate of drug-likeness (QED) is 0.139. The van der Waals surface area contributed by atoms with Crippen molar-refractivity contribution in [1.82, 2.24) is 10.2 Å². The van der Waals surface area contributed by atoms with Crippen molar-refractivity contribution in [1.29, 1.82) is 0 Å². The molecule has 0 radical (unpaired) electrons. The second-order valence-electron chi connectivity index (χ2n) is 12.7. The highest BCUT2D eigenvalue weighted by Gasteiger charge is 2.75. The first-order valence-corrected chi connectivity index (χ1v) is 16.7. The molecule has 0 saturated carbocycles. The van der Waals surface area contributed by atoms with Gasteiger partial charge in [0, 0.05) is 13.7 Å². The summed E-state index contributed by atoms with van der Waals surface area (Å²) in [4.78, 5) is 61.6. The van der Waals surface area contributed by atoms with Crippen molar-refractivity contribution >= 4 is 29.6 Å². The number of rotatable bonds is 9. The monoisotopic (exact) mass is 687 g/mol. The zero-order chi connectivity index (χ0) is 35.7. The molecule has 4 aromatic carbocycles. The Bertz CT molecular complexity index is 1950. The summed E-state index contributed by atoms with van der Waals surface area (Å²) < 4.78 is 16.9. The van der Waals surface area contributed by atoms with E-state index in [-0.39, 0.29) is 31.2 Å². The molecule has 6 atom stereocenters. The van der Waals surface area contributed by atoms with Crippen LogP contribution in [0.15, 0.2) is 122 Å². The highest BCUT2D eigenvalue weighted by atomic mass is 16.6. The van der Waals surface area contributed by atoms with Crippen LogP contribution >= 0.6 is 0 Å². The SMILES string of the molecule is C=CCNC(=O)[C@@H]1[C@H]2C(=O)O[C@H](c3ccccc3)[C@H](c3ccccc3)N2[C@H](c2ccc(O)cc2)[C@@]12C(=O)N(C(=O)OCCOC)c1ccccc12. The van der Waals surface area contributed by atoms with Gasteiger partial charge in [-0.1, -0.05) is 97.1 Å². The number of hydrogen-bond acceptors (Lipinski definition) is 9. The van der Waals surface area contributed by atoms with Gasteiger partial charge in [0.25, 0.3) is 0 Å². The standard InChI is InChI=1S/C40H37N3O8/c1-3-22-41-36(45)31-33-37(46)51-34(26-14-8-5-9-15-26)32(25-12-6-4-7-13-25)43(33)35(27-18-20-28(44)21-19-27)40(31)29-16-10-11-17-30(29)42(38(40)47)39(48)50-24-23-49-2/h3-21,31-35,44H,1,22-24H2,2H3,(H,41,45)/t31-,32-,33-,34+,35+,40-/m0/s1. The number of nitrogens with zero attached hydrogens (tertiary/aromatic N) is 2. The van der Waals surface area contributed by atoms with Crippen LogP contribution < -0.4 is 10.2 Å². The minimum Gasteiger partial charge on any atom is -0.508 e. The molecule has 51 heavy (non-hydrogen) atoms. The molecule has 11 nitrogen and oxygen atoms in total. The van der Waals surface area contributed by atoms with E-state index >= 15 is 4.79 Å². The summed E-state index contributed by atoms with van der Waals surface area (Å²) >= 11 is 0. The van der Waals surface area contributed by atoms with Gasteiger partial charge in [0.1, 0.15) is 29.9 Å². The van der Waals surface area contributed by atoms with Gasteiger partial charge in [-0.05, 0) is 40.5 Å². The number of aromatic hydroxyl groups is 1. The number of morpholine rings is 1. The van der Waals surface area contributed by atoms with Crippen molar-refractivity contribution in [3.05, 3.63) is 144 Å². The van der Waals surface area contributed by atoms with Gasteiger partial charge in [0.2, 0.25) is 11.8 Å². The maximum atomic E-state index is 15.5. The van der Waals surface area contributed by atoms with Gasteiger partial charge in [0.15, 0.2) is 0 Å². The minimum atomic E-state index is -1.86. The first-order chi connectivity index (χ1) is 24.8. The van der Waals surface area contributed by atoms with Crippen LogP contribution in [0.4, 0.5) is 10.5 Å². The third-order valence-electron chi connectivity index (χ3n) is 9.97. The third kappa shape index (κ3) is 5.45. The molecule has 3 aliphatic heterocycles. The lowest BCUT2D eigenvalue weighted by Crippen LogP contribution is -2.55. The number of anilines is 1. The Kier molecular flexibility index (Phi) is 9.15. The fourth-order valence-corrected chi connectivity index (χ4v) is 8.06. The van der Waals surface area contributed by atoms with E-state index in [1.807, 2.05) is 65.6 Å². The molecule has 4 aromatic rings. The topological polar surface area (TPSA) is 135 Å². The van der Waals surface area contributed by atoms with Crippen molar-refractivity contribution in [2.75, 3.05) is 31.8 Å². The van der Waals surface area contributed by atoms with Crippen LogP contribution in [-0.2, 0) is 34.0 Å². The second kappa shape index (κ2) is 13.9. The van der Waals surface area contributed by atoms with Gasteiger partial charge in [-0.2, -0.15) is 0 Å². The van der Waals surface area contributed by atoms with E-state index in [0.717, 1.165) is 16.0 Å². The maximum absolute atomic E-state index is 15.5. The van der Waals surface area contributed by atoms with Gasteiger partial charge < -0.3 is 24.6 Å². The van der Waals surface area contributed by atoms with E-state index in [4.69, 9.17) is 14.2 Å². The Morgan fingerprint density at radius 2 is 1.51 bits per heavy atom. The van der Waals surface area contributed by atoms with E-state index in [2.05, 4.69) is 11.9 Å². The number of ether oxygens (including phenoxy) is 3. The highest BCUT2D eigenvalue weighted by Crippen LogP contribution is 2.65. The zero-order valence-electron chi connectivity index (χ0n) is 27.9. The number of carbonyl (C=O) groups excluding carboxylic acids is 4. The molecule has 11 heteroatoms. The predicted octanol–water partition coefficient (Wildman–Crippen LogP) is 5.14. The molecular weight excluding hydrogens is 650 g/mol. The molecule has 2 N–H and O–H groups in total. The van der Waals surface area contributed by atoms with Crippen molar-refractivity contribution in [2.24, 2.45) is 5.92 Å². The fraction of sp³-hybridized carbons (Fsp3) is 0.250. The number of methoxy groups -OCH3 is 1. The number of phenols is 1. The Morgan fingerprint density at radius 3 is 2.18 bits per heavy atom. The van der Waals surface area contributed by atoms with Gasteiger partial charge in [-0.25, -0.2) is 9.69 Å². The van der Waals surface area contributed by atoms with Crippen molar-refractivity contribution in [2.45, 2.75) is 29.6 Å². The largest absolute Gasteiger partial charge is 0.508 e. The summed E-state index contributed by atoms with van der Waals surface area (Å²) in [5.74, 6) is -3.41. The zero-order valence-corrected chi connectivity index (χ0v) is 27.9. The molecule has 0 unspecified atom stereocenters. The molecule has 2 fully saturated rings. The number of hydrogen-bond donors (Lipinski definition) is 2. The lowest BCUT2D eigenvalue weighted by atomic mass is 9.65. The Hall–Kier alpha value is -5.78. The number of cyclic esters (lactones) is 1. The van der Waals surface area contributed by atoms with Gasteiger partial charge in [-0.15, -0.1) is 6.58 Å². The number of fused-ring (bicyclic) bond motifs is 3. The normalized spacial score (nSPS) is 25.2. The second-order valence-corrected chi connectivity index (χ2v) is 12.7. The molecule has 260 valence electrons. The first-order valence-electron chi connectivity index (χ1n) is 16.7. The number of para-hydroxylation sites is 1. The maximum Gasteiger partial charge on any atom is 0.421 e. The van der Waals surface area contributed by atoms with Crippen LogP contribution in [0.1, 0.15) is 40.4 Å². The van der Waals surface area contributed by atoms with Crippen molar-refractivity contribution in [3.8, 4) is 5.75 Å². The molecule has 0 bridgehead atoms. The smallest absolute Gasteiger partial charge is 0.421 e. The van der Waals surface area contributed by atoms with E-state index in [0.29, 0.717) is 11.1 Å². The van der Waals surface area contributed by atoms with Crippen LogP contribution in [0.25, 0.3) is 0 Å². The summed E-state index contributed by atoms with van der Waals surface area (Å²) in [6.07, 6.45) is -0.271. The average molecular weight is 688 g/mol. The Morgan fingerprint density at radius 1 is 0.863 bits per heavy atom. The van der Waals surface area contributed by atoms with Crippen LogP contribution in [0, 0.1) is 5.92 Å². The molecular formula is C40H37N3O8. The van der Waals surface area contributed by atoms with E-state index in [1.54, 1.807) is 36.4 Å². The summed E-state index contributed by atoms with van der Waals surface area (Å²) in [5.41, 5.74) is 0.792. The molecule has 3 heterocycles. The molecule has 0 aromatic heterocycles. The van der Waals surface area contributed by atoms with E-state index in [9.17, 15) is 19.5 Å². The van der Waals surface area contributed by atoms with E-state index < -0.39 is 59.4 Å². The predicted molar refractivity (Wildman–Crippen MR) is 186 cm³/mol. The van der Waals surface area contributed by atoms with E-state index in [1.165, 1.54) is 25.3 Å². The van der Waals surface area contributed by atoms with Crippen LogP contribution in [-0.4, -0.2) is 66.8 Å². The Labute approximate surface area is 295 Å². The molecule has 7 rings (SSSR count). The number of esters is 1. The molecule has 2 saturated heterocycles. The number of carbonyl (C=O) groups is 4. The summed E-state index contributed by atoms with van der Waals surface area (Å²) in [5, 5.41) is 13.3. The minimum absolute atomic E-state index is 0.0102. The molecule has 1 spiro atoms. The number of nitrogens with one attached hydrogen (secondary N) is 1. The fourth-order valence-electron chi connectivity index (χ4n) is 8.06. The summed E-state index contributed by atoms with van der Waals surface area (Å²) in [6.45, 7) is 3.79. The molecule has 0 aliphatic carbocycles. The summed E-state index contributed by atoms with van der Waals surface area (Å²) in [6, 6.07) is 28.9. The van der Waals surface area contributed by atoms with Gasteiger partial charge >= 0.3 is 12.1 Å². The summed E-state index contributed by atoms with van der Waals surface area (Å²) in [7, 11) is 1.47. The van der Waals surface area contributed by atoms with Crippen LogP contribution in [0.5, 0.6) is 5.75 Å². The Balaban J connectivity index is 1.54. The number of phenolic OH excluding ortho intramolecular Hbond substituents is 1. The number of amides is 3. The number of benzene rings is 4. The van der Waals surface area contributed by atoms with Crippen LogP contribution in [0.3, 0.4) is 0 Å². The van der Waals surface area contributed by atoms with Crippen molar-refractivity contribution in [3.63, 3.8) is 0 Å². The number of imide groups is 1. The van der Waals surface area contributed by atoms with Gasteiger partial charge in [0.05, 0.1) is 30.3 Å². The lowest BCUT2D eigenvalue weighted by molar-refractivity contribution is -0.178. The highest BCUT2D eigenvalue weighted by molar-refractivity contribution is 6.23. The molecule has 3 aliphatic rings. The van der Waals surface area contributed by atoms with Crippen molar-refractivity contribution < 1.29 is 38.5 Å². The average Bonchev–Trinajstić information content (AvgIpc) is 3.61. The van der Waals surface area contributed by atoms with Gasteiger partial charge in [-0.3, -0.25) is 19.3 Å². The molecule has 3 amide bonds. The first kappa shape index (κ1) is 33.7. The third-order valence-corrected chi connectivity index (χ3v) is 9.97. The van der Waals surface area contributed by atoms with Crippen LogP contribution in [0.2, 0.25) is 0 Å². The lowest BCUT2D eigenvalue weighted by Gasteiger charge is -2.46.